The zero-order valence-electron chi connectivity index (χ0n) is 9.44. The topological polar surface area (TPSA) is 29.9 Å². The molecule has 0 bridgehead atoms. The predicted molar refractivity (Wildman–Crippen MR) is 68.8 cm³/mol. The van der Waals surface area contributed by atoms with Gasteiger partial charge in [0.1, 0.15) is 0 Å². The molecule has 1 N–H and O–H groups in total. The Balaban J connectivity index is 1.97. The number of halogens is 1. The summed E-state index contributed by atoms with van der Waals surface area (Å²) in [7, 11) is 0. The molecule has 2 aromatic rings. The Morgan fingerprint density at radius 1 is 1.29 bits per heavy atom. The van der Waals surface area contributed by atoms with E-state index in [4.69, 9.17) is 11.6 Å². The molecule has 3 nitrogen and oxygen atoms in total. The Bertz CT molecular complexity index is 498. The molecule has 0 amide bonds. The number of hydrogen-bond donors (Lipinski definition) is 1. The smallest absolute Gasteiger partial charge is 0.0994 e. The lowest BCUT2D eigenvalue weighted by Crippen LogP contribution is -2.10. The van der Waals surface area contributed by atoms with Gasteiger partial charge in [0, 0.05) is 35.1 Å². The van der Waals surface area contributed by atoms with E-state index in [0.717, 1.165) is 23.8 Å². The van der Waals surface area contributed by atoms with E-state index in [2.05, 4.69) is 14.9 Å². The van der Waals surface area contributed by atoms with Gasteiger partial charge in [-0.2, -0.15) is 0 Å². The average Bonchev–Trinajstić information content (AvgIpc) is 3.00. The van der Waals surface area contributed by atoms with Crippen LogP contribution in [0.25, 0.3) is 5.69 Å². The molecule has 0 saturated carbocycles. The molecule has 2 heterocycles. The summed E-state index contributed by atoms with van der Waals surface area (Å²) in [5.41, 5.74) is 2.39. The lowest BCUT2D eigenvalue weighted by molar-refractivity contribution is 0.714. The summed E-state index contributed by atoms with van der Waals surface area (Å²) < 4.78 is 2.15. The highest BCUT2D eigenvalue weighted by Crippen LogP contribution is 2.25. The highest BCUT2D eigenvalue weighted by Gasteiger charge is 2.20. The molecule has 1 aromatic heterocycles. The minimum absolute atomic E-state index is 0.563. The summed E-state index contributed by atoms with van der Waals surface area (Å²) in [5, 5.41) is 4.15. The van der Waals surface area contributed by atoms with Crippen LogP contribution in [0.3, 0.4) is 0 Å². The van der Waals surface area contributed by atoms with Gasteiger partial charge in [0.25, 0.3) is 0 Å². The van der Waals surface area contributed by atoms with Gasteiger partial charge in [-0.05, 0) is 37.2 Å². The molecule has 0 radical (unpaired) electrons. The quantitative estimate of drug-likeness (QED) is 0.884. The van der Waals surface area contributed by atoms with Gasteiger partial charge < -0.3 is 9.88 Å². The largest absolute Gasteiger partial charge is 0.316 e. The summed E-state index contributed by atoms with van der Waals surface area (Å²) in [4.78, 5) is 4.27. The molecule has 4 heteroatoms. The lowest BCUT2D eigenvalue weighted by Gasteiger charge is -2.12. The Labute approximate surface area is 105 Å². The first-order valence-electron chi connectivity index (χ1n) is 5.83. The van der Waals surface area contributed by atoms with E-state index in [0.29, 0.717) is 5.92 Å². The number of hydrogen-bond acceptors (Lipinski definition) is 2. The fourth-order valence-corrected chi connectivity index (χ4v) is 2.46. The van der Waals surface area contributed by atoms with Gasteiger partial charge in [0.05, 0.1) is 6.33 Å². The van der Waals surface area contributed by atoms with Crippen molar-refractivity contribution in [1.29, 1.82) is 0 Å². The van der Waals surface area contributed by atoms with Gasteiger partial charge in [-0.1, -0.05) is 11.6 Å². The molecule has 1 aromatic carbocycles. The van der Waals surface area contributed by atoms with Crippen LogP contribution in [-0.4, -0.2) is 22.6 Å². The lowest BCUT2D eigenvalue weighted by atomic mass is 10.1. The molecule has 1 aliphatic heterocycles. The van der Waals surface area contributed by atoms with E-state index in [-0.39, 0.29) is 0 Å². The molecule has 3 rings (SSSR count). The van der Waals surface area contributed by atoms with E-state index in [1.54, 1.807) is 0 Å². The monoisotopic (exact) mass is 247 g/mol. The van der Waals surface area contributed by atoms with E-state index in [9.17, 15) is 0 Å². The van der Waals surface area contributed by atoms with Crippen molar-refractivity contribution in [3.05, 3.63) is 47.5 Å². The zero-order chi connectivity index (χ0) is 11.7. The van der Waals surface area contributed by atoms with Crippen molar-refractivity contribution in [3.8, 4) is 5.69 Å². The van der Waals surface area contributed by atoms with Crippen molar-refractivity contribution in [1.82, 2.24) is 14.9 Å². The van der Waals surface area contributed by atoms with Crippen LogP contribution in [0.4, 0.5) is 0 Å². The Kier molecular flexibility index (Phi) is 2.87. The minimum Gasteiger partial charge on any atom is -0.316 e. The third kappa shape index (κ3) is 2.08. The molecule has 1 saturated heterocycles. The number of nitrogens with zero attached hydrogens (tertiary/aromatic N) is 2. The summed E-state index contributed by atoms with van der Waals surface area (Å²) in [6, 6.07) is 7.87. The van der Waals surface area contributed by atoms with E-state index < -0.39 is 0 Å². The van der Waals surface area contributed by atoms with Crippen LogP contribution in [0.1, 0.15) is 18.0 Å². The number of rotatable bonds is 2. The normalized spacial score (nSPS) is 19.7. The van der Waals surface area contributed by atoms with E-state index in [1.165, 1.54) is 12.1 Å². The first kappa shape index (κ1) is 10.8. The number of nitrogens with one attached hydrogen (secondary N) is 1. The second-order valence-corrected chi connectivity index (χ2v) is 4.79. The van der Waals surface area contributed by atoms with Crippen molar-refractivity contribution < 1.29 is 0 Å². The van der Waals surface area contributed by atoms with Gasteiger partial charge in [0.2, 0.25) is 0 Å². The van der Waals surface area contributed by atoms with Crippen molar-refractivity contribution in [2.75, 3.05) is 13.1 Å². The van der Waals surface area contributed by atoms with Crippen LogP contribution < -0.4 is 5.32 Å². The van der Waals surface area contributed by atoms with Gasteiger partial charge in [-0.3, -0.25) is 0 Å². The molecular weight excluding hydrogens is 234 g/mol. The molecule has 1 fully saturated rings. The molecule has 88 valence electrons. The van der Waals surface area contributed by atoms with Crippen LogP contribution in [0.5, 0.6) is 0 Å². The number of aromatic nitrogens is 2. The summed E-state index contributed by atoms with van der Waals surface area (Å²) in [6.45, 7) is 2.13. The second kappa shape index (κ2) is 4.51. The first-order valence-corrected chi connectivity index (χ1v) is 6.21. The van der Waals surface area contributed by atoms with Crippen molar-refractivity contribution in [2.24, 2.45) is 0 Å². The summed E-state index contributed by atoms with van der Waals surface area (Å²) in [5.74, 6) is 0.563. The molecule has 17 heavy (non-hydrogen) atoms. The Hall–Kier alpha value is -1.32. The maximum absolute atomic E-state index is 5.91. The number of imidazole rings is 1. The molecule has 1 aliphatic rings. The molecule has 0 aliphatic carbocycles. The Morgan fingerprint density at radius 2 is 2.12 bits per heavy atom. The summed E-state index contributed by atoms with van der Waals surface area (Å²) >= 11 is 5.91. The van der Waals surface area contributed by atoms with Crippen LogP contribution >= 0.6 is 11.6 Å². The van der Waals surface area contributed by atoms with Crippen LogP contribution in [0.2, 0.25) is 5.02 Å². The highest BCUT2D eigenvalue weighted by molar-refractivity contribution is 6.30. The Morgan fingerprint density at radius 3 is 2.82 bits per heavy atom. The second-order valence-electron chi connectivity index (χ2n) is 4.35. The van der Waals surface area contributed by atoms with Crippen LogP contribution in [0, 0.1) is 0 Å². The maximum atomic E-state index is 5.91. The van der Waals surface area contributed by atoms with E-state index in [1.807, 2.05) is 36.8 Å². The molecule has 1 unspecified atom stereocenters. The standard InChI is InChI=1S/C13H14ClN3/c14-11-1-3-12(4-2-11)17-9-16-8-13(17)10-5-6-15-7-10/h1-4,8-10,15H,5-7H2. The van der Waals surface area contributed by atoms with Gasteiger partial charge in [-0.15, -0.1) is 0 Å². The zero-order valence-corrected chi connectivity index (χ0v) is 10.2. The van der Waals surface area contributed by atoms with Crippen molar-refractivity contribution in [2.45, 2.75) is 12.3 Å². The maximum Gasteiger partial charge on any atom is 0.0994 e. The minimum atomic E-state index is 0.563. The van der Waals surface area contributed by atoms with Crippen LogP contribution in [0.15, 0.2) is 36.8 Å². The SMILES string of the molecule is Clc1ccc(-n2cncc2C2CCNC2)cc1. The van der Waals surface area contributed by atoms with Crippen molar-refractivity contribution in [3.63, 3.8) is 0 Å². The molecular formula is C13H14ClN3. The fourth-order valence-electron chi connectivity index (χ4n) is 2.33. The molecule has 0 spiro atoms. The van der Waals surface area contributed by atoms with Crippen molar-refractivity contribution >= 4 is 11.6 Å². The van der Waals surface area contributed by atoms with Gasteiger partial charge in [-0.25, -0.2) is 4.98 Å². The summed E-state index contributed by atoms with van der Waals surface area (Å²) in [6.07, 6.45) is 5.02. The van der Waals surface area contributed by atoms with Gasteiger partial charge >= 0.3 is 0 Å². The van der Waals surface area contributed by atoms with Gasteiger partial charge in [0.15, 0.2) is 0 Å². The predicted octanol–water partition coefficient (Wildman–Crippen LogP) is 2.60. The van der Waals surface area contributed by atoms with Crippen LogP contribution in [-0.2, 0) is 0 Å². The average molecular weight is 248 g/mol. The fraction of sp³-hybridized carbons (Fsp3) is 0.308. The highest BCUT2D eigenvalue weighted by atomic mass is 35.5. The first-order chi connectivity index (χ1) is 8.34. The number of benzene rings is 1. The third-order valence-corrected chi connectivity index (χ3v) is 3.50. The molecule has 1 atom stereocenters. The van der Waals surface area contributed by atoms with E-state index >= 15 is 0 Å². The third-order valence-electron chi connectivity index (χ3n) is 3.25.